The topological polar surface area (TPSA) is 52.7 Å². The fourth-order valence-electron chi connectivity index (χ4n) is 3.18. The lowest BCUT2D eigenvalue weighted by Gasteiger charge is -2.39. The number of benzene rings is 1. The number of alkyl halides is 3. The molecule has 0 radical (unpaired) electrons. The van der Waals surface area contributed by atoms with E-state index in [0.717, 1.165) is 12.1 Å². The van der Waals surface area contributed by atoms with E-state index in [9.17, 15) is 22.8 Å². The van der Waals surface area contributed by atoms with Gasteiger partial charge in [-0.05, 0) is 36.6 Å². The maximum atomic E-state index is 12.7. The monoisotopic (exact) mass is 383 g/mol. The Kier molecular flexibility index (Phi) is 6.64. The van der Waals surface area contributed by atoms with Crippen LogP contribution in [0.4, 0.5) is 13.2 Å². The fourth-order valence-corrected chi connectivity index (χ4v) is 3.18. The Labute approximate surface area is 156 Å². The molecule has 27 heavy (non-hydrogen) atoms. The van der Waals surface area contributed by atoms with Gasteiger partial charge in [-0.1, -0.05) is 18.7 Å². The van der Waals surface area contributed by atoms with Gasteiger partial charge in [-0.15, -0.1) is 0 Å². The van der Waals surface area contributed by atoms with Crippen molar-refractivity contribution in [2.45, 2.75) is 37.6 Å². The Morgan fingerprint density at radius 2 is 1.93 bits per heavy atom. The standard InChI is InChI=1S/C19H24F3N3O2/c1-4-17(26)23-15-9-10-25(16(11-15)18(27)24(2)3)12-13-5-7-14(8-6-13)19(20,21)22/h4-8,15-16H,1,9-12H2,2-3H3,(H,23,26)/t15-,16-/m0/s1. The summed E-state index contributed by atoms with van der Waals surface area (Å²) in [6.07, 6.45) is -2.09. The highest BCUT2D eigenvalue weighted by Gasteiger charge is 2.35. The molecule has 1 heterocycles. The van der Waals surface area contributed by atoms with Crippen LogP contribution in [-0.2, 0) is 22.3 Å². The van der Waals surface area contributed by atoms with E-state index in [1.54, 1.807) is 14.1 Å². The van der Waals surface area contributed by atoms with Crippen molar-refractivity contribution in [2.75, 3.05) is 20.6 Å². The average Bonchev–Trinajstić information content (AvgIpc) is 2.61. The molecule has 2 atom stereocenters. The maximum absolute atomic E-state index is 12.7. The van der Waals surface area contributed by atoms with Crippen molar-refractivity contribution in [1.29, 1.82) is 0 Å². The van der Waals surface area contributed by atoms with E-state index in [-0.39, 0.29) is 17.9 Å². The van der Waals surface area contributed by atoms with E-state index in [1.165, 1.54) is 23.1 Å². The summed E-state index contributed by atoms with van der Waals surface area (Å²) in [5.74, 6) is -0.383. The number of nitrogens with zero attached hydrogens (tertiary/aromatic N) is 2. The second kappa shape index (κ2) is 8.56. The van der Waals surface area contributed by atoms with Crippen molar-refractivity contribution >= 4 is 11.8 Å². The summed E-state index contributed by atoms with van der Waals surface area (Å²) in [6.45, 7) is 4.34. The molecule has 1 N–H and O–H groups in total. The van der Waals surface area contributed by atoms with Crippen molar-refractivity contribution < 1.29 is 22.8 Å². The number of nitrogens with one attached hydrogen (secondary N) is 1. The van der Waals surface area contributed by atoms with Gasteiger partial charge in [0.15, 0.2) is 0 Å². The minimum Gasteiger partial charge on any atom is -0.350 e. The zero-order chi connectivity index (χ0) is 20.2. The highest BCUT2D eigenvalue weighted by Crippen LogP contribution is 2.29. The summed E-state index contributed by atoms with van der Waals surface area (Å²) in [5, 5.41) is 2.82. The van der Waals surface area contributed by atoms with E-state index in [4.69, 9.17) is 0 Å². The number of hydrogen-bond acceptors (Lipinski definition) is 3. The molecule has 2 rings (SSSR count). The second-order valence-corrected chi connectivity index (χ2v) is 6.85. The van der Waals surface area contributed by atoms with Gasteiger partial charge in [0, 0.05) is 33.2 Å². The van der Waals surface area contributed by atoms with Gasteiger partial charge in [0.1, 0.15) is 0 Å². The van der Waals surface area contributed by atoms with Crippen LogP contribution in [0, 0.1) is 0 Å². The Morgan fingerprint density at radius 1 is 1.30 bits per heavy atom. The zero-order valence-electron chi connectivity index (χ0n) is 15.4. The van der Waals surface area contributed by atoms with Crippen LogP contribution in [0.15, 0.2) is 36.9 Å². The minimum absolute atomic E-state index is 0.0977. The maximum Gasteiger partial charge on any atom is 0.416 e. The molecule has 1 aromatic rings. The number of likely N-dealkylation sites (tertiary alicyclic amines) is 1. The first kappa shape index (κ1) is 21.0. The van der Waals surface area contributed by atoms with Crippen LogP contribution in [0.5, 0.6) is 0 Å². The molecule has 0 aliphatic carbocycles. The lowest BCUT2D eigenvalue weighted by atomic mass is 9.95. The summed E-state index contributed by atoms with van der Waals surface area (Å²) >= 11 is 0. The van der Waals surface area contributed by atoms with Gasteiger partial charge < -0.3 is 10.2 Å². The van der Waals surface area contributed by atoms with Crippen LogP contribution in [0.1, 0.15) is 24.0 Å². The summed E-state index contributed by atoms with van der Waals surface area (Å²) in [4.78, 5) is 27.6. The predicted molar refractivity (Wildman–Crippen MR) is 95.7 cm³/mol. The number of carbonyl (C=O) groups excluding carboxylic acids is 2. The summed E-state index contributed by atoms with van der Waals surface area (Å²) in [5.41, 5.74) is 0.00569. The van der Waals surface area contributed by atoms with E-state index < -0.39 is 17.8 Å². The molecule has 0 aromatic heterocycles. The third kappa shape index (κ3) is 5.56. The molecule has 0 spiro atoms. The lowest BCUT2D eigenvalue weighted by Crippen LogP contribution is -2.54. The SMILES string of the molecule is C=CC(=O)N[C@H]1CCN(Cc2ccc(C(F)(F)F)cc2)[C@H](C(=O)N(C)C)C1. The Balaban J connectivity index is 2.12. The van der Waals surface area contributed by atoms with E-state index in [1.807, 2.05) is 4.90 Å². The molecule has 1 saturated heterocycles. The number of likely N-dealkylation sites (N-methyl/N-ethyl adjacent to an activating group) is 1. The van der Waals surface area contributed by atoms with Crippen LogP contribution < -0.4 is 5.32 Å². The molecular weight excluding hydrogens is 359 g/mol. The van der Waals surface area contributed by atoms with Crippen LogP contribution >= 0.6 is 0 Å². The Hall–Kier alpha value is -2.35. The molecule has 0 saturated carbocycles. The van der Waals surface area contributed by atoms with Gasteiger partial charge in [-0.3, -0.25) is 14.5 Å². The number of piperidine rings is 1. The van der Waals surface area contributed by atoms with Gasteiger partial charge in [0.25, 0.3) is 0 Å². The van der Waals surface area contributed by atoms with E-state index in [0.29, 0.717) is 31.5 Å². The van der Waals surface area contributed by atoms with Crippen LogP contribution in [0.25, 0.3) is 0 Å². The number of carbonyl (C=O) groups is 2. The third-order valence-corrected chi connectivity index (χ3v) is 4.64. The van der Waals surface area contributed by atoms with Crippen LogP contribution in [-0.4, -0.2) is 54.3 Å². The van der Waals surface area contributed by atoms with Crippen molar-refractivity contribution in [3.05, 3.63) is 48.0 Å². The molecule has 1 aromatic carbocycles. The average molecular weight is 383 g/mol. The number of amides is 2. The molecule has 148 valence electrons. The molecule has 8 heteroatoms. The lowest BCUT2D eigenvalue weighted by molar-refractivity contribution is -0.137. The summed E-state index contributed by atoms with van der Waals surface area (Å²) < 4.78 is 38.1. The Morgan fingerprint density at radius 3 is 2.44 bits per heavy atom. The van der Waals surface area contributed by atoms with Crippen molar-refractivity contribution in [1.82, 2.24) is 15.1 Å². The third-order valence-electron chi connectivity index (χ3n) is 4.64. The molecule has 1 aliphatic rings. The van der Waals surface area contributed by atoms with Gasteiger partial charge >= 0.3 is 6.18 Å². The van der Waals surface area contributed by atoms with E-state index >= 15 is 0 Å². The Bertz CT molecular complexity index is 686. The van der Waals surface area contributed by atoms with Gasteiger partial charge in [0.05, 0.1) is 11.6 Å². The highest BCUT2D eigenvalue weighted by molar-refractivity contribution is 5.87. The number of halogens is 3. The zero-order valence-corrected chi connectivity index (χ0v) is 15.4. The minimum atomic E-state index is -4.37. The van der Waals surface area contributed by atoms with Crippen molar-refractivity contribution in [3.8, 4) is 0 Å². The molecule has 5 nitrogen and oxygen atoms in total. The van der Waals surface area contributed by atoms with Gasteiger partial charge in [0.2, 0.25) is 11.8 Å². The fraction of sp³-hybridized carbons (Fsp3) is 0.474. The summed E-state index contributed by atoms with van der Waals surface area (Å²) in [7, 11) is 3.31. The molecule has 0 unspecified atom stereocenters. The quantitative estimate of drug-likeness (QED) is 0.795. The smallest absolute Gasteiger partial charge is 0.350 e. The largest absolute Gasteiger partial charge is 0.416 e. The molecule has 0 bridgehead atoms. The predicted octanol–water partition coefficient (Wildman–Crippen LogP) is 2.43. The number of rotatable bonds is 5. The van der Waals surface area contributed by atoms with Gasteiger partial charge in [-0.2, -0.15) is 13.2 Å². The summed E-state index contributed by atoms with van der Waals surface area (Å²) in [6, 6.07) is 4.38. The molecule has 1 fully saturated rings. The normalized spacial score (nSPS) is 20.8. The highest BCUT2D eigenvalue weighted by atomic mass is 19.4. The second-order valence-electron chi connectivity index (χ2n) is 6.85. The first-order chi connectivity index (χ1) is 12.6. The molecule has 2 amide bonds. The first-order valence-electron chi connectivity index (χ1n) is 8.66. The first-order valence-corrected chi connectivity index (χ1v) is 8.66. The van der Waals surface area contributed by atoms with Crippen LogP contribution in [0.3, 0.4) is 0 Å². The van der Waals surface area contributed by atoms with Gasteiger partial charge in [-0.25, -0.2) is 0 Å². The number of hydrogen-bond donors (Lipinski definition) is 1. The van der Waals surface area contributed by atoms with Crippen molar-refractivity contribution in [3.63, 3.8) is 0 Å². The van der Waals surface area contributed by atoms with Crippen molar-refractivity contribution in [2.24, 2.45) is 0 Å². The van der Waals surface area contributed by atoms with E-state index in [2.05, 4.69) is 11.9 Å². The van der Waals surface area contributed by atoms with Crippen LogP contribution in [0.2, 0.25) is 0 Å². The molecule has 1 aliphatic heterocycles. The molecular formula is C19H24F3N3O2.